The van der Waals surface area contributed by atoms with Crippen LogP contribution < -0.4 is 0 Å². The fourth-order valence-electron chi connectivity index (χ4n) is 2.78. The molecule has 0 unspecified atom stereocenters. The van der Waals surface area contributed by atoms with E-state index in [0.29, 0.717) is 22.0 Å². The molecule has 0 aliphatic rings. The van der Waals surface area contributed by atoms with E-state index in [9.17, 15) is 4.79 Å². The van der Waals surface area contributed by atoms with Gasteiger partial charge in [0.25, 0.3) is 0 Å². The van der Waals surface area contributed by atoms with Crippen molar-refractivity contribution in [2.45, 2.75) is 0 Å². The summed E-state index contributed by atoms with van der Waals surface area (Å²) in [6.45, 7) is 0. The minimum atomic E-state index is -0.141. The lowest BCUT2D eigenvalue weighted by atomic mass is 10.0. The average Bonchev–Trinajstić information content (AvgIpc) is 3.02. The molecule has 0 atom stereocenters. The summed E-state index contributed by atoms with van der Waals surface area (Å²) in [7, 11) is 0. The van der Waals surface area contributed by atoms with Gasteiger partial charge in [0.15, 0.2) is 0 Å². The second kappa shape index (κ2) is 5.95. The smallest absolute Gasteiger partial charge is 0.213 e. The second-order valence-corrected chi connectivity index (χ2v) is 5.82. The maximum atomic E-state index is 13.2. The molecule has 0 radical (unpaired) electrons. The Kier molecular flexibility index (Phi) is 3.63. The molecule has 0 amide bonds. The predicted octanol–water partition coefficient (Wildman–Crippen LogP) is 4.89. The monoisotopic (exact) mass is 332 g/mol. The van der Waals surface area contributed by atoms with Gasteiger partial charge in [-0.15, -0.1) is 0 Å². The van der Waals surface area contributed by atoms with E-state index in [1.54, 1.807) is 12.1 Å². The number of imidazole rings is 1. The first-order valence-corrected chi connectivity index (χ1v) is 7.95. The highest BCUT2D eigenvalue weighted by molar-refractivity contribution is 6.35. The van der Waals surface area contributed by atoms with Gasteiger partial charge in [0, 0.05) is 17.3 Å². The molecule has 2 aromatic carbocycles. The van der Waals surface area contributed by atoms with Crippen molar-refractivity contribution in [1.29, 1.82) is 0 Å². The van der Waals surface area contributed by atoms with Crippen LogP contribution in [0, 0.1) is 0 Å². The van der Waals surface area contributed by atoms with Crippen molar-refractivity contribution in [2.75, 3.05) is 0 Å². The van der Waals surface area contributed by atoms with Gasteiger partial charge in [-0.05, 0) is 24.3 Å². The number of fused-ring (bicyclic) bond motifs is 1. The van der Waals surface area contributed by atoms with Crippen molar-refractivity contribution in [1.82, 2.24) is 9.38 Å². The summed E-state index contributed by atoms with van der Waals surface area (Å²) in [6.07, 6.45) is 1.85. The van der Waals surface area contributed by atoms with Crippen LogP contribution >= 0.6 is 11.6 Å². The number of aromatic nitrogens is 2. The molecule has 0 spiro atoms. The van der Waals surface area contributed by atoms with Gasteiger partial charge in [-0.25, -0.2) is 4.98 Å². The fourth-order valence-corrected chi connectivity index (χ4v) is 3.00. The molecule has 0 fully saturated rings. The van der Waals surface area contributed by atoms with Gasteiger partial charge in [-0.2, -0.15) is 0 Å². The molecule has 116 valence electrons. The van der Waals surface area contributed by atoms with Crippen LogP contribution in [-0.2, 0) is 0 Å². The molecular formula is C20H13ClN2O. The molecule has 4 aromatic rings. The molecule has 0 aliphatic heterocycles. The summed E-state index contributed by atoms with van der Waals surface area (Å²) in [5, 5.41) is 0.437. The summed E-state index contributed by atoms with van der Waals surface area (Å²) in [6, 6.07) is 22.5. The van der Waals surface area contributed by atoms with Crippen LogP contribution in [0.5, 0.6) is 0 Å². The molecule has 0 saturated heterocycles. The van der Waals surface area contributed by atoms with E-state index in [2.05, 4.69) is 4.98 Å². The molecule has 0 aliphatic carbocycles. The van der Waals surface area contributed by atoms with Crippen LogP contribution in [0.1, 0.15) is 16.1 Å². The maximum Gasteiger partial charge on any atom is 0.213 e. The number of halogens is 1. The van der Waals surface area contributed by atoms with E-state index in [-0.39, 0.29) is 5.78 Å². The van der Waals surface area contributed by atoms with Crippen molar-refractivity contribution in [3.63, 3.8) is 0 Å². The topological polar surface area (TPSA) is 34.4 Å². The first-order valence-electron chi connectivity index (χ1n) is 7.57. The van der Waals surface area contributed by atoms with Crippen LogP contribution in [0.2, 0.25) is 5.02 Å². The molecule has 24 heavy (non-hydrogen) atoms. The lowest BCUT2D eigenvalue weighted by molar-refractivity contribution is 0.103. The minimum Gasteiger partial charge on any atom is -0.296 e. The summed E-state index contributed by atoms with van der Waals surface area (Å²) in [5.74, 6) is -0.141. The zero-order chi connectivity index (χ0) is 16.5. The number of carbonyl (C=O) groups is 1. The van der Waals surface area contributed by atoms with Gasteiger partial charge < -0.3 is 0 Å². The van der Waals surface area contributed by atoms with Crippen molar-refractivity contribution in [2.24, 2.45) is 0 Å². The van der Waals surface area contributed by atoms with E-state index in [1.807, 2.05) is 71.3 Å². The van der Waals surface area contributed by atoms with Crippen LogP contribution in [0.4, 0.5) is 0 Å². The number of benzene rings is 2. The SMILES string of the molecule is O=C(c1ccccc1Cl)c1c(-c2ccccc2)nc2ccccn12. The normalized spacial score (nSPS) is 10.9. The summed E-state index contributed by atoms with van der Waals surface area (Å²) in [4.78, 5) is 17.8. The third kappa shape index (κ3) is 2.39. The lowest BCUT2D eigenvalue weighted by Gasteiger charge is -2.06. The van der Waals surface area contributed by atoms with Crippen molar-refractivity contribution < 1.29 is 4.79 Å². The average molecular weight is 333 g/mol. The third-order valence-corrected chi connectivity index (χ3v) is 4.24. The van der Waals surface area contributed by atoms with Gasteiger partial charge >= 0.3 is 0 Å². The molecule has 0 N–H and O–H groups in total. The van der Waals surface area contributed by atoms with E-state index >= 15 is 0 Å². The zero-order valence-electron chi connectivity index (χ0n) is 12.7. The first-order chi connectivity index (χ1) is 11.8. The Labute approximate surface area is 144 Å². The van der Waals surface area contributed by atoms with Gasteiger partial charge in [0.05, 0.1) is 5.02 Å². The van der Waals surface area contributed by atoms with Crippen LogP contribution in [0.15, 0.2) is 79.0 Å². The molecule has 4 heteroatoms. The number of carbonyl (C=O) groups excluding carboxylic acids is 1. The van der Waals surface area contributed by atoms with Gasteiger partial charge in [-0.1, -0.05) is 60.1 Å². The Morgan fingerprint density at radius 1 is 0.875 bits per heavy atom. The Morgan fingerprint density at radius 2 is 1.58 bits per heavy atom. The van der Waals surface area contributed by atoms with E-state index in [1.165, 1.54) is 0 Å². The lowest BCUT2D eigenvalue weighted by Crippen LogP contribution is -2.07. The van der Waals surface area contributed by atoms with Gasteiger partial charge in [-0.3, -0.25) is 9.20 Å². The number of hydrogen-bond acceptors (Lipinski definition) is 2. The second-order valence-electron chi connectivity index (χ2n) is 5.41. The highest BCUT2D eigenvalue weighted by Gasteiger charge is 2.22. The molecule has 3 nitrogen and oxygen atoms in total. The Hall–Kier alpha value is -2.91. The Bertz CT molecular complexity index is 1040. The van der Waals surface area contributed by atoms with Crippen molar-refractivity contribution in [3.05, 3.63) is 95.3 Å². The van der Waals surface area contributed by atoms with Crippen molar-refractivity contribution >= 4 is 23.0 Å². The minimum absolute atomic E-state index is 0.141. The summed E-state index contributed by atoms with van der Waals surface area (Å²) >= 11 is 6.24. The third-order valence-electron chi connectivity index (χ3n) is 3.91. The number of pyridine rings is 1. The standard InChI is InChI=1S/C20H13ClN2O/c21-16-11-5-4-10-15(16)20(24)19-18(14-8-2-1-3-9-14)22-17-12-6-7-13-23(17)19/h1-13H. The Morgan fingerprint density at radius 3 is 2.38 bits per heavy atom. The van der Waals surface area contributed by atoms with E-state index in [4.69, 9.17) is 11.6 Å². The highest BCUT2D eigenvalue weighted by Crippen LogP contribution is 2.28. The Balaban J connectivity index is 2.00. The number of hydrogen-bond donors (Lipinski definition) is 0. The van der Waals surface area contributed by atoms with Gasteiger partial charge in [0.2, 0.25) is 5.78 Å². The van der Waals surface area contributed by atoms with Crippen LogP contribution in [-0.4, -0.2) is 15.2 Å². The number of ketones is 1. The molecule has 4 rings (SSSR count). The maximum absolute atomic E-state index is 13.2. The fraction of sp³-hybridized carbons (Fsp3) is 0. The molecule has 0 bridgehead atoms. The van der Waals surface area contributed by atoms with Gasteiger partial charge in [0.1, 0.15) is 17.0 Å². The molecule has 2 aromatic heterocycles. The van der Waals surface area contributed by atoms with E-state index in [0.717, 1.165) is 11.2 Å². The van der Waals surface area contributed by atoms with Crippen LogP contribution in [0.25, 0.3) is 16.9 Å². The number of rotatable bonds is 3. The molecule has 0 saturated carbocycles. The molecular weight excluding hydrogens is 320 g/mol. The van der Waals surface area contributed by atoms with Crippen LogP contribution in [0.3, 0.4) is 0 Å². The van der Waals surface area contributed by atoms with Crippen molar-refractivity contribution in [3.8, 4) is 11.3 Å². The van der Waals surface area contributed by atoms with E-state index < -0.39 is 0 Å². The quantitative estimate of drug-likeness (QED) is 0.501. The summed E-state index contributed by atoms with van der Waals surface area (Å²) in [5.41, 5.74) is 3.28. The first kappa shape index (κ1) is 14.7. The number of nitrogens with zero attached hydrogens (tertiary/aromatic N) is 2. The molecule has 2 heterocycles. The zero-order valence-corrected chi connectivity index (χ0v) is 13.4. The highest BCUT2D eigenvalue weighted by atomic mass is 35.5. The summed E-state index contributed by atoms with van der Waals surface area (Å²) < 4.78 is 1.81. The predicted molar refractivity (Wildman–Crippen MR) is 95.5 cm³/mol. The largest absolute Gasteiger partial charge is 0.296 e.